The monoisotopic (exact) mass is 268 g/mol. The summed E-state index contributed by atoms with van der Waals surface area (Å²) in [5.74, 6) is 1.94. The number of aromatic nitrogens is 1. The van der Waals surface area contributed by atoms with E-state index in [0.717, 1.165) is 22.8 Å². The summed E-state index contributed by atoms with van der Waals surface area (Å²) >= 11 is 3.55. The molecule has 0 amide bonds. The van der Waals surface area contributed by atoms with E-state index in [2.05, 4.69) is 33.2 Å². The summed E-state index contributed by atoms with van der Waals surface area (Å²) in [6.07, 6.45) is 7.40. The van der Waals surface area contributed by atoms with E-state index in [-0.39, 0.29) is 0 Å². The Hall–Kier alpha value is -0.570. The topological polar surface area (TPSA) is 24.9 Å². The molecule has 0 spiro atoms. The van der Waals surface area contributed by atoms with Crippen molar-refractivity contribution in [1.29, 1.82) is 0 Å². The molecule has 0 atom stereocenters. The molecule has 82 valence electrons. The highest BCUT2D eigenvalue weighted by atomic mass is 79.9. The van der Waals surface area contributed by atoms with Gasteiger partial charge in [-0.2, -0.15) is 0 Å². The van der Waals surface area contributed by atoms with Crippen LogP contribution in [0.1, 0.15) is 31.2 Å². The smallest absolute Gasteiger partial charge is 0.140 e. The molecule has 2 rings (SSSR count). The van der Waals surface area contributed by atoms with Gasteiger partial charge in [0, 0.05) is 12.7 Å². The fraction of sp³-hybridized carbons (Fsp3) is 0.583. The van der Waals surface area contributed by atoms with Crippen LogP contribution in [-0.4, -0.2) is 11.5 Å². The van der Waals surface area contributed by atoms with E-state index >= 15 is 0 Å². The maximum Gasteiger partial charge on any atom is 0.140 e. The highest BCUT2D eigenvalue weighted by Crippen LogP contribution is 2.29. The molecule has 3 heteroatoms. The Morgan fingerprint density at radius 1 is 1.53 bits per heavy atom. The molecule has 0 unspecified atom stereocenters. The largest absolute Gasteiger partial charge is 0.369 e. The van der Waals surface area contributed by atoms with Gasteiger partial charge in [0.25, 0.3) is 0 Å². The molecule has 1 aromatic rings. The van der Waals surface area contributed by atoms with Gasteiger partial charge in [0.2, 0.25) is 0 Å². The average Bonchev–Trinajstić information content (AvgIpc) is 2.16. The summed E-state index contributed by atoms with van der Waals surface area (Å²) < 4.78 is 1.10. The number of halogens is 1. The Morgan fingerprint density at radius 3 is 3.00 bits per heavy atom. The van der Waals surface area contributed by atoms with Crippen molar-refractivity contribution in [1.82, 2.24) is 4.98 Å². The van der Waals surface area contributed by atoms with Crippen molar-refractivity contribution in [2.24, 2.45) is 5.92 Å². The van der Waals surface area contributed by atoms with Gasteiger partial charge in [-0.1, -0.05) is 19.3 Å². The first-order valence-electron chi connectivity index (χ1n) is 5.62. The Bertz CT molecular complexity index is 334. The molecule has 1 aliphatic rings. The van der Waals surface area contributed by atoms with Crippen molar-refractivity contribution in [3.8, 4) is 0 Å². The Kier molecular flexibility index (Phi) is 3.62. The second kappa shape index (κ2) is 4.97. The number of pyridine rings is 1. The molecule has 1 aliphatic carbocycles. The molecule has 2 nitrogen and oxygen atoms in total. The lowest BCUT2D eigenvalue weighted by atomic mass is 9.83. The summed E-state index contributed by atoms with van der Waals surface area (Å²) in [6, 6.07) is 2.02. The number of hydrogen-bond acceptors (Lipinski definition) is 2. The standard InChI is InChI=1S/C12H17BrN2/c1-9-5-7-14-12(11(9)13)15-8-6-10-3-2-4-10/h5,7,10H,2-4,6,8H2,1H3,(H,14,15). The van der Waals surface area contributed by atoms with Crippen molar-refractivity contribution in [3.05, 3.63) is 22.3 Å². The SMILES string of the molecule is Cc1ccnc(NCCC2CCC2)c1Br. The van der Waals surface area contributed by atoms with E-state index in [1.807, 2.05) is 12.3 Å². The third kappa shape index (κ3) is 2.71. The average molecular weight is 269 g/mol. The summed E-state index contributed by atoms with van der Waals surface area (Å²) in [6.45, 7) is 3.13. The van der Waals surface area contributed by atoms with E-state index in [1.54, 1.807) is 0 Å². The highest BCUT2D eigenvalue weighted by Gasteiger charge is 2.16. The van der Waals surface area contributed by atoms with E-state index in [4.69, 9.17) is 0 Å². The molecular formula is C12H17BrN2. The first-order chi connectivity index (χ1) is 7.27. The quantitative estimate of drug-likeness (QED) is 0.900. The number of anilines is 1. The van der Waals surface area contributed by atoms with Gasteiger partial charge >= 0.3 is 0 Å². The molecule has 0 saturated heterocycles. The maximum absolute atomic E-state index is 4.32. The zero-order chi connectivity index (χ0) is 10.7. The Balaban J connectivity index is 1.84. The van der Waals surface area contributed by atoms with E-state index < -0.39 is 0 Å². The van der Waals surface area contributed by atoms with E-state index in [9.17, 15) is 0 Å². The number of hydrogen-bond donors (Lipinski definition) is 1. The van der Waals surface area contributed by atoms with Crippen molar-refractivity contribution in [3.63, 3.8) is 0 Å². The van der Waals surface area contributed by atoms with Gasteiger partial charge in [0.1, 0.15) is 5.82 Å². The minimum atomic E-state index is 0.959. The van der Waals surface area contributed by atoms with Crippen LogP contribution in [0.2, 0.25) is 0 Å². The van der Waals surface area contributed by atoms with Crippen molar-refractivity contribution >= 4 is 21.7 Å². The molecule has 0 aliphatic heterocycles. The minimum Gasteiger partial charge on any atom is -0.369 e. The van der Waals surface area contributed by atoms with Crippen LogP contribution in [0.25, 0.3) is 0 Å². The molecule has 15 heavy (non-hydrogen) atoms. The Morgan fingerprint density at radius 2 is 2.33 bits per heavy atom. The van der Waals surface area contributed by atoms with Crippen molar-refractivity contribution in [2.45, 2.75) is 32.6 Å². The van der Waals surface area contributed by atoms with Gasteiger partial charge in [0.15, 0.2) is 0 Å². The van der Waals surface area contributed by atoms with Gasteiger partial charge in [-0.05, 0) is 46.8 Å². The number of nitrogens with one attached hydrogen (secondary N) is 1. The molecule has 1 N–H and O–H groups in total. The zero-order valence-electron chi connectivity index (χ0n) is 9.09. The molecule has 1 heterocycles. The fourth-order valence-corrected chi connectivity index (χ4v) is 2.21. The third-order valence-electron chi connectivity index (χ3n) is 3.15. The van der Waals surface area contributed by atoms with Crippen LogP contribution in [-0.2, 0) is 0 Å². The Labute approximate surface area is 99.6 Å². The fourth-order valence-electron chi connectivity index (χ4n) is 1.84. The number of aryl methyl sites for hydroxylation is 1. The summed E-state index contributed by atoms with van der Waals surface area (Å²) in [4.78, 5) is 4.32. The van der Waals surface area contributed by atoms with Crippen LogP contribution in [0.3, 0.4) is 0 Å². The molecule has 0 aromatic carbocycles. The lowest BCUT2D eigenvalue weighted by molar-refractivity contribution is 0.303. The predicted octanol–water partition coefficient (Wildman–Crippen LogP) is 3.75. The zero-order valence-corrected chi connectivity index (χ0v) is 10.7. The molecule has 1 saturated carbocycles. The second-order valence-electron chi connectivity index (χ2n) is 4.30. The van der Waals surface area contributed by atoms with Gasteiger partial charge in [-0.25, -0.2) is 4.98 Å². The van der Waals surface area contributed by atoms with Crippen LogP contribution < -0.4 is 5.32 Å². The lowest BCUT2D eigenvalue weighted by Gasteiger charge is -2.25. The number of nitrogens with zero attached hydrogens (tertiary/aromatic N) is 1. The first-order valence-corrected chi connectivity index (χ1v) is 6.41. The van der Waals surface area contributed by atoms with Gasteiger partial charge in [0.05, 0.1) is 4.47 Å². The van der Waals surface area contributed by atoms with Crippen LogP contribution in [0.4, 0.5) is 5.82 Å². The van der Waals surface area contributed by atoms with Crippen molar-refractivity contribution in [2.75, 3.05) is 11.9 Å². The van der Waals surface area contributed by atoms with Gasteiger partial charge < -0.3 is 5.32 Å². The van der Waals surface area contributed by atoms with E-state index in [0.29, 0.717) is 0 Å². The third-order valence-corrected chi connectivity index (χ3v) is 4.15. The summed E-state index contributed by atoms with van der Waals surface area (Å²) in [7, 11) is 0. The lowest BCUT2D eigenvalue weighted by Crippen LogP contribution is -2.16. The van der Waals surface area contributed by atoms with Gasteiger partial charge in [-0.15, -0.1) is 0 Å². The summed E-state index contributed by atoms with van der Waals surface area (Å²) in [5.41, 5.74) is 1.23. The van der Waals surface area contributed by atoms with Gasteiger partial charge in [-0.3, -0.25) is 0 Å². The highest BCUT2D eigenvalue weighted by molar-refractivity contribution is 9.10. The van der Waals surface area contributed by atoms with E-state index in [1.165, 1.54) is 31.2 Å². The maximum atomic E-state index is 4.32. The molecular weight excluding hydrogens is 252 g/mol. The van der Waals surface area contributed by atoms with Crippen LogP contribution in [0.15, 0.2) is 16.7 Å². The normalized spacial score (nSPS) is 16.1. The van der Waals surface area contributed by atoms with Crippen LogP contribution in [0, 0.1) is 12.8 Å². The summed E-state index contributed by atoms with van der Waals surface area (Å²) in [5, 5.41) is 3.39. The molecule has 0 radical (unpaired) electrons. The second-order valence-corrected chi connectivity index (χ2v) is 5.10. The molecule has 0 bridgehead atoms. The molecule has 1 fully saturated rings. The van der Waals surface area contributed by atoms with Crippen LogP contribution >= 0.6 is 15.9 Å². The first kappa shape index (κ1) is 10.9. The van der Waals surface area contributed by atoms with Crippen LogP contribution in [0.5, 0.6) is 0 Å². The minimum absolute atomic E-state index is 0.959. The predicted molar refractivity (Wildman–Crippen MR) is 67.1 cm³/mol. The molecule has 1 aromatic heterocycles. The number of rotatable bonds is 4. The van der Waals surface area contributed by atoms with Crippen molar-refractivity contribution < 1.29 is 0 Å².